The second-order valence-electron chi connectivity index (χ2n) is 5.93. The van der Waals surface area contributed by atoms with Gasteiger partial charge >= 0.3 is 0 Å². The molecule has 0 saturated carbocycles. The summed E-state index contributed by atoms with van der Waals surface area (Å²) >= 11 is 0. The van der Waals surface area contributed by atoms with E-state index in [-0.39, 0.29) is 5.56 Å². The van der Waals surface area contributed by atoms with Crippen LogP contribution in [0.25, 0.3) is 0 Å². The Balaban J connectivity index is 1.95. The zero-order chi connectivity index (χ0) is 14.7. The minimum Gasteiger partial charge on any atom is -0.324 e. The van der Waals surface area contributed by atoms with E-state index in [9.17, 15) is 8.78 Å². The molecular formula is C16H24F2N2. The van der Waals surface area contributed by atoms with Crippen LogP contribution in [0.1, 0.15) is 44.7 Å². The maximum absolute atomic E-state index is 13.7. The minimum atomic E-state index is -0.821. The SMILES string of the molecule is CC1CCCN(CCC(N)c2cccc(F)c2F)C1C. The van der Waals surface area contributed by atoms with Gasteiger partial charge in [0.15, 0.2) is 11.6 Å². The van der Waals surface area contributed by atoms with Crippen LogP contribution in [0.2, 0.25) is 0 Å². The van der Waals surface area contributed by atoms with Crippen molar-refractivity contribution in [2.75, 3.05) is 13.1 Å². The average Bonchev–Trinajstić information content (AvgIpc) is 2.43. The molecule has 1 aromatic rings. The van der Waals surface area contributed by atoms with E-state index in [0.717, 1.165) is 19.2 Å². The molecule has 1 aromatic carbocycles. The van der Waals surface area contributed by atoms with E-state index in [1.807, 2.05) is 0 Å². The molecule has 2 N–H and O–H groups in total. The molecule has 1 aliphatic rings. The van der Waals surface area contributed by atoms with E-state index < -0.39 is 17.7 Å². The number of likely N-dealkylation sites (tertiary alicyclic amines) is 1. The Labute approximate surface area is 120 Å². The fourth-order valence-electron chi connectivity index (χ4n) is 3.00. The molecule has 1 fully saturated rings. The summed E-state index contributed by atoms with van der Waals surface area (Å²) in [4.78, 5) is 2.41. The Morgan fingerprint density at radius 2 is 2.10 bits per heavy atom. The van der Waals surface area contributed by atoms with Crippen molar-refractivity contribution in [3.8, 4) is 0 Å². The zero-order valence-electron chi connectivity index (χ0n) is 12.3. The fraction of sp³-hybridized carbons (Fsp3) is 0.625. The van der Waals surface area contributed by atoms with Crippen LogP contribution in [0.15, 0.2) is 18.2 Å². The summed E-state index contributed by atoms with van der Waals surface area (Å²) in [6, 6.07) is 4.30. The van der Waals surface area contributed by atoms with Crippen molar-refractivity contribution < 1.29 is 8.78 Å². The Bertz CT molecular complexity index is 450. The molecule has 1 aliphatic heterocycles. The van der Waals surface area contributed by atoms with Crippen molar-refractivity contribution in [1.29, 1.82) is 0 Å². The number of rotatable bonds is 4. The molecule has 0 aromatic heterocycles. The largest absolute Gasteiger partial charge is 0.324 e. The number of hydrogen-bond acceptors (Lipinski definition) is 2. The van der Waals surface area contributed by atoms with Crippen LogP contribution in [0.3, 0.4) is 0 Å². The molecule has 2 nitrogen and oxygen atoms in total. The lowest BCUT2D eigenvalue weighted by atomic mass is 9.91. The zero-order valence-corrected chi connectivity index (χ0v) is 12.3. The number of nitrogens with zero attached hydrogens (tertiary/aromatic N) is 1. The predicted octanol–water partition coefficient (Wildman–Crippen LogP) is 3.48. The number of nitrogens with two attached hydrogens (primary N) is 1. The fourth-order valence-corrected chi connectivity index (χ4v) is 3.00. The van der Waals surface area contributed by atoms with Gasteiger partial charge in [0, 0.05) is 24.2 Å². The maximum Gasteiger partial charge on any atom is 0.163 e. The Hall–Kier alpha value is -1.00. The summed E-state index contributed by atoms with van der Waals surface area (Å²) in [6.45, 7) is 6.41. The lowest BCUT2D eigenvalue weighted by molar-refractivity contribution is 0.110. The van der Waals surface area contributed by atoms with Gasteiger partial charge in [0.1, 0.15) is 0 Å². The van der Waals surface area contributed by atoms with E-state index in [4.69, 9.17) is 5.73 Å². The molecule has 2 rings (SSSR count). The first-order valence-electron chi connectivity index (χ1n) is 7.44. The van der Waals surface area contributed by atoms with Crippen molar-refractivity contribution in [3.05, 3.63) is 35.4 Å². The Morgan fingerprint density at radius 1 is 1.35 bits per heavy atom. The minimum absolute atomic E-state index is 0.280. The molecule has 20 heavy (non-hydrogen) atoms. The van der Waals surface area contributed by atoms with Crippen LogP contribution in [0, 0.1) is 17.6 Å². The van der Waals surface area contributed by atoms with Crippen molar-refractivity contribution >= 4 is 0 Å². The third kappa shape index (κ3) is 3.36. The highest BCUT2D eigenvalue weighted by Crippen LogP contribution is 2.25. The Kier molecular flexibility index (Phi) is 5.11. The molecule has 3 atom stereocenters. The first-order chi connectivity index (χ1) is 9.50. The molecule has 0 spiro atoms. The molecule has 0 amide bonds. The van der Waals surface area contributed by atoms with Gasteiger partial charge in [-0.15, -0.1) is 0 Å². The van der Waals surface area contributed by atoms with Gasteiger partial charge in [-0.1, -0.05) is 19.1 Å². The molecule has 0 bridgehead atoms. The lowest BCUT2D eigenvalue weighted by Crippen LogP contribution is -2.43. The highest BCUT2D eigenvalue weighted by Gasteiger charge is 2.25. The number of piperidine rings is 1. The maximum atomic E-state index is 13.7. The van der Waals surface area contributed by atoms with Gasteiger partial charge in [-0.25, -0.2) is 8.78 Å². The van der Waals surface area contributed by atoms with Crippen LogP contribution < -0.4 is 5.73 Å². The highest BCUT2D eigenvalue weighted by molar-refractivity contribution is 5.22. The molecule has 1 heterocycles. The van der Waals surface area contributed by atoms with Crippen molar-refractivity contribution in [2.24, 2.45) is 11.7 Å². The molecule has 4 heteroatoms. The van der Waals surface area contributed by atoms with Crippen molar-refractivity contribution in [3.63, 3.8) is 0 Å². The smallest absolute Gasteiger partial charge is 0.163 e. The van der Waals surface area contributed by atoms with Crippen LogP contribution in [-0.2, 0) is 0 Å². The summed E-state index contributed by atoms with van der Waals surface area (Å²) in [5.74, 6) is -0.941. The highest BCUT2D eigenvalue weighted by atomic mass is 19.2. The van der Waals surface area contributed by atoms with Gasteiger partial charge in [-0.05, 0) is 44.7 Å². The van der Waals surface area contributed by atoms with Crippen LogP contribution in [0.4, 0.5) is 8.78 Å². The van der Waals surface area contributed by atoms with Gasteiger partial charge in [-0.3, -0.25) is 0 Å². The van der Waals surface area contributed by atoms with E-state index >= 15 is 0 Å². The second-order valence-corrected chi connectivity index (χ2v) is 5.93. The normalized spacial score (nSPS) is 25.6. The second kappa shape index (κ2) is 6.64. The van der Waals surface area contributed by atoms with Gasteiger partial charge in [-0.2, -0.15) is 0 Å². The van der Waals surface area contributed by atoms with Gasteiger partial charge in [0.2, 0.25) is 0 Å². The van der Waals surface area contributed by atoms with E-state index in [2.05, 4.69) is 18.7 Å². The predicted molar refractivity (Wildman–Crippen MR) is 77.3 cm³/mol. The third-order valence-corrected chi connectivity index (χ3v) is 4.61. The monoisotopic (exact) mass is 282 g/mol. The van der Waals surface area contributed by atoms with Gasteiger partial charge in [0.25, 0.3) is 0 Å². The van der Waals surface area contributed by atoms with Crippen LogP contribution in [0.5, 0.6) is 0 Å². The van der Waals surface area contributed by atoms with Crippen molar-refractivity contribution in [1.82, 2.24) is 4.90 Å². The molecular weight excluding hydrogens is 258 g/mol. The van der Waals surface area contributed by atoms with E-state index in [1.54, 1.807) is 6.07 Å². The van der Waals surface area contributed by atoms with Gasteiger partial charge < -0.3 is 10.6 Å². The first kappa shape index (κ1) is 15.4. The molecule has 0 radical (unpaired) electrons. The number of hydrogen-bond donors (Lipinski definition) is 1. The van der Waals surface area contributed by atoms with Crippen LogP contribution >= 0.6 is 0 Å². The molecule has 112 valence electrons. The summed E-state index contributed by atoms with van der Waals surface area (Å²) in [5, 5.41) is 0. The summed E-state index contributed by atoms with van der Waals surface area (Å²) in [7, 11) is 0. The number of benzene rings is 1. The average molecular weight is 282 g/mol. The third-order valence-electron chi connectivity index (χ3n) is 4.61. The van der Waals surface area contributed by atoms with E-state index in [0.29, 0.717) is 18.4 Å². The first-order valence-corrected chi connectivity index (χ1v) is 7.44. The Morgan fingerprint density at radius 3 is 2.85 bits per heavy atom. The topological polar surface area (TPSA) is 29.3 Å². The molecule has 0 aliphatic carbocycles. The standard InChI is InChI=1S/C16H24F2N2/c1-11-5-4-9-20(12(11)2)10-8-15(19)13-6-3-7-14(17)16(13)18/h3,6-7,11-12,15H,4-5,8-10,19H2,1-2H3. The number of halogens is 2. The summed E-state index contributed by atoms with van der Waals surface area (Å²) in [6.07, 6.45) is 3.12. The van der Waals surface area contributed by atoms with E-state index in [1.165, 1.54) is 18.9 Å². The molecule has 3 unspecified atom stereocenters. The lowest BCUT2D eigenvalue weighted by Gasteiger charge is -2.38. The van der Waals surface area contributed by atoms with Gasteiger partial charge in [0.05, 0.1) is 0 Å². The summed E-state index contributed by atoms with van der Waals surface area (Å²) in [5.41, 5.74) is 6.31. The quantitative estimate of drug-likeness (QED) is 0.916. The van der Waals surface area contributed by atoms with Crippen molar-refractivity contribution in [2.45, 2.75) is 45.2 Å². The van der Waals surface area contributed by atoms with Crippen LogP contribution in [-0.4, -0.2) is 24.0 Å². The molecule has 1 saturated heterocycles. The summed E-state index contributed by atoms with van der Waals surface area (Å²) < 4.78 is 26.9.